The number of likely N-dealkylation sites (tertiary alicyclic amines) is 1. The molecule has 0 bridgehead atoms. The summed E-state index contributed by atoms with van der Waals surface area (Å²) in [5.41, 5.74) is 1.20. The van der Waals surface area contributed by atoms with E-state index in [9.17, 15) is 31.4 Å². The number of alkyl halides is 6. The lowest BCUT2D eigenvalue weighted by Gasteiger charge is -2.25. The highest BCUT2D eigenvalue weighted by atomic mass is 32.1. The van der Waals surface area contributed by atoms with Crippen molar-refractivity contribution in [2.75, 3.05) is 6.54 Å². The largest absolute Gasteiger partial charge is 0.490 e. The highest BCUT2D eigenvalue weighted by molar-refractivity contribution is 7.09. The average Bonchev–Trinajstić information content (AvgIpc) is 3.34. The van der Waals surface area contributed by atoms with Crippen molar-refractivity contribution < 1.29 is 51.3 Å². The quantitative estimate of drug-likeness (QED) is 0.548. The zero-order chi connectivity index (χ0) is 25.2. The number of aromatic nitrogens is 1. The van der Waals surface area contributed by atoms with E-state index < -0.39 is 24.3 Å². The first-order chi connectivity index (χ1) is 15.2. The summed E-state index contributed by atoms with van der Waals surface area (Å²) >= 11 is 1.78. The third-order valence-corrected chi connectivity index (χ3v) is 5.08. The van der Waals surface area contributed by atoms with Crippen LogP contribution in [0.5, 0.6) is 0 Å². The molecule has 1 aliphatic rings. The lowest BCUT2D eigenvalue weighted by Crippen LogP contribution is -2.36. The summed E-state index contributed by atoms with van der Waals surface area (Å²) in [6, 6.07) is 8.51. The van der Waals surface area contributed by atoms with Gasteiger partial charge >= 0.3 is 24.3 Å². The molecular weight excluding hydrogens is 482 g/mol. The second-order valence-corrected chi connectivity index (χ2v) is 7.68. The topological polar surface area (TPSA) is 111 Å². The number of aliphatic hydroxyl groups excluding tert-OH is 1. The summed E-state index contributed by atoms with van der Waals surface area (Å²) in [6.45, 7) is 1.92. The van der Waals surface area contributed by atoms with Crippen molar-refractivity contribution in [1.82, 2.24) is 9.88 Å². The Bertz CT molecular complexity index is 838. The van der Waals surface area contributed by atoms with Gasteiger partial charge in [0.25, 0.3) is 0 Å². The number of thiophene rings is 1. The predicted molar refractivity (Wildman–Crippen MR) is 104 cm³/mol. The van der Waals surface area contributed by atoms with E-state index in [1.54, 1.807) is 17.5 Å². The van der Waals surface area contributed by atoms with Crippen LogP contribution in [0.2, 0.25) is 0 Å². The Labute approximate surface area is 187 Å². The van der Waals surface area contributed by atoms with Crippen LogP contribution in [0.25, 0.3) is 0 Å². The van der Waals surface area contributed by atoms with Crippen LogP contribution >= 0.6 is 11.3 Å². The van der Waals surface area contributed by atoms with E-state index >= 15 is 0 Å². The molecule has 0 aliphatic carbocycles. The maximum atomic E-state index is 10.6. The SMILES string of the molecule is O=C(O)C(F)(F)F.O=C(O)C(F)(F)F.O[C@@H]1CCN(Cc2cccs2)[C@H]1Cc1cccnc1. The summed E-state index contributed by atoms with van der Waals surface area (Å²) in [4.78, 5) is 25.7. The number of hydrogen-bond donors (Lipinski definition) is 3. The van der Waals surface area contributed by atoms with Crippen LogP contribution in [0, 0.1) is 0 Å². The maximum Gasteiger partial charge on any atom is 0.490 e. The van der Waals surface area contributed by atoms with Gasteiger partial charge in [0.2, 0.25) is 0 Å². The van der Waals surface area contributed by atoms with Crippen molar-refractivity contribution in [3.63, 3.8) is 0 Å². The molecule has 2 atom stereocenters. The molecular formula is C19H20F6N2O5S. The third kappa shape index (κ3) is 10.6. The molecule has 1 saturated heterocycles. The molecule has 0 saturated carbocycles. The number of carboxylic acids is 2. The molecule has 0 radical (unpaired) electrons. The summed E-state index contributed by atoms with van der Waals surface area (Å²) in [5, 5.41) is 26.5. The molecule has 1 aliphatic heterocycles. The summed E-state index contributed by atoms with van der Waals surface area (Å²) in [7, 11) is 0. The van der Waals surface area contributed by atoms with Crippen LogP contribution in [0.4, 0.5) is 26.3 Å². The van der Waals surface area contributed by atoms with Crippen molar-refractivity contribution in [2.24, 2.45) is 0 Å². The number of halogens is 6. The molecule has 0 spiro atoms. The van der Waals surface area contributed by atoms with Gasteiger partial charge in [-0.15, -0.1) is 11.3 Å². The number of nitrogens with zero attached hydrogens (tertiary/aromatic N) is 2. The van der Waals surface area contributed by atoms with Gasteiger partial charge in [-0.2, -0.15) is 26.3 Å². The molecule has 3 heterocycles. The van der Waals surface area contributed by atoms with Gasteiger partial charge in [0.1, 0.15) is 0 Å². The Balaban J connectivity index is 0.000000324. The fraction of sp³-hybridized carbons (Fsp3) is 0.421. The minimum absolute atomic E-state index is 0.214. The lowest BCUT2D eigenvalue weighted by atomic mass is 10.0. The highest BCUT2D eigenvalue weighted by Crippen LogP contribution is 2.25. The summed E-state index contributed by atoms with van der Waals surface area (Å²) < 4.78 is 63.5. The third-order valence-electron chi connectivity index (χ3n) is 4.22. The van der Waals surface area contributed by atoms with E-state index in [4.69, 9.17) is 19.8 Å². The first-order valence-corrected chi connectivity index (χ1v) is 10.0. The van der Waals surface area contributed by atoms with Gasteiger partial charge in [0, 0.05) is 36.4 Å². The second kappa shape index (κ2) is 12.5. The molecule has 0 unspecified atom stereocenters. The Morgan fingerprint density at radius 3 is 2.06 bits per heavy atom. The Hall–Kier alpha value is -2.71. The molecule has 2 aromatic heterocycles. The molecule has 1 fully saturated rings. The molecule has 0 amide bonds. The molecule has 7 nitrogen and oxygen atoms in total. The first kappa shape index (κ1) is 28.3. The number of pyridine rings is 1. The van der Waals surface area contributed by atoms with Crippen molar-refractivity contribution in [3.8, 4) is 0 Å². The Morgan fingerprint density at radius 2 is 1.64 bits per heavy atom. The number of carboxylic acid groups (broad SMARTS) is 2. The number of aliphatic hydroxyl groups is 1. The molecule has 0 aromatic carbocycles. The van der Waals surface area contributed by atoms with Gasteiger partial charge in [-0.3, -0.25) is 9.88 Å². The van der Waals surface area contributed by atoms with Gasteiger partial charge in [0.05, 0.1) is 6.10 Å². The average molecular weight is 502 g/mol. The summed E-state index contributed by atoms with van der Waals surface area (Å²) in [5.74, 6) is -5.51. The van der Waals surface area contributed by atoms with Crippen LogP contribution in [0.15, 0.2) is 42.0 Å². The zero-order valence-electron chi connectivity index (χ0n) is 16.8. The molecule has 3 N–H and O–H groups in total. The van der Waals surface area contributed by atoms with Gasteiger partial charge in [-0.25, -0.2) is 9.59 Å². The monoisotopic (exact) mass is 502 g/mol. The first-order valence-electron chi connectivity index (χ1n) is 9.15. The van der Waals surface area contributed by atoms with E-state index in [2.05, 4.69) is 33.5 Å². The smallest absolute Gasteiger partial charge is 0.475 e. The Kier molecular flexibility index (Phi) is 10.7. The standard InChI is InChI=1S/C15H18N2OS.2C2HF3O2/c18-15-5-7-17(11-13-4-2-8-19-13)14(15)9-12-3-1-6-16-10-12;2*3-2(4,5)1(6)7/h1-4,6,8,10,14-15,18H,5,7,9,11H2;2*(H,6,7)/t14-,15+;;/m0../s1. The number of rotatable bonds is 4. The van der Waals surface area contributed by atoms with Crippen molar-refractivity contribution >= 4 is 23.3 Å². The van der Waals surface area contributed by atoms with E-state index in [1.807, 2.05) is 12.3 Å². The van der Waals surface area contributed by atoms with E-state index in [-0.39, 0.29) is 12.1 Å². The fourth-order valence-corrected chi connectivity index (χ4v) is 3.45. The molecule has 33 heavy (non-hydrogen) atoms. The summed E-state index contributed by atoms with van der Waals surface area (Å²) in [6.07, 6.45) is -4.96. The van der Waals surface area contributed by atoms with E-state index in [1.165, 1.54) is 10.4 Å². The van der Waals surface area contributed by atoms with Gasteiger partial charge in [-0.05, 0) is 35.9 Å². The van der Waals surface area contributed by atoms with Crippen LogP contribution < -0.4 is 0 Å². The maximum absolute atomic E-state index is 10.6. The van der Waals surface area contributed by atoms with E-state index in [0.717, 1.165) is 25.9 Å². The Morgan fingerprint density at radius 1 is 1.06 bits per heavy atom. The highest BCUT2D eigenvalue weighted by Gasteiger charge is 2.39. The van der Waals surface area contributed by atoms with Gasteiger partial charge in [-0.1, -0.05) is 12.1 Å². The minimum Gasteiger partial charge on any atom is -0.475 e. The van der Waals surface area contributed by atoms with E-state index in [0.29, 0.717) is 0 Å². The molecule has 14 heteroatoms. The van der Waals surface area contributed by atoms with Crippen molar-refractivity contribution in [3.05, 3.63) is 52.5 Å². The molecule has 2 aromatic rings. The predicted octanol–water partition coefficient (Wildman–Crippen LogP) is 3.59. The number of carbonyl (C=O) groups is 2. The van der Waals surface area contributed by atoms with Crippen LogP contribution in [-0.2, 0) is 22.6 Å². The van der Waals surface area contributed by atoms with Crippen molar-refractivity contribution in [2.45, 2.75) is 43.9 Å². The van der Waals surface area contributed by atoms with Crippen molar-refractivity contribution in [1.29, 1.82) is 0 Å². The van der Waals surface area contributed by atoms with Gasteiger partial charge in [0.15, 0.2) is 0 Å². The number of hydrogen-bond acceptors (Lipinski definition) is 6. The minimum atomic E-state index is -5.08. The molecule has 184 valence electrons. The zero-order valence-corrected chi connectivity index (χ0v) is 17.6. The normalized spacial score (nSPS) is 18.5. The van der Waals surface area contributed by atoms with Gasteiger partial charge < -0.3 is 15.3 Å². The second-order valence-electron chi connectivity index (χ2n) is 6.64. The fourth-order valence-electron chi connectivity index (χ4n) is 2.72. The molecule has 3 rings (SSSR count). The lowest BCUT2D eigenvalue weighted by molar-refractivity contribution is -0.193. The number of aliphatic carboxylic acids is 2. The van der Waals surface area contributed by atoms with Crippen LogP contribution in [0.3, 0.4) is 0 Å². The van der Waals surface area contributed by atoms with Crippen LogP contribution in [-0.4, -0.2) is 68.2 Å². The van der Waals surface area contributed by atoms with Crippen LogP contribution in [0.1, 0.15) is 16.9 Å².